The molecule has 0 aliphatic rings. The third-order valence-electron chi connectivity index (χ3n) is 2.51. The number of aromatic nitrogens is 2. The molecule has 5 nitrogen and oxygen atoms in total. The normalized spacial score (nSPS) is 9.72. The number of nitrogens with one attached hydrogen (secondary N) is 1. The number of carbonyl (C=O) groups is 1. The molecular formula is C13H12N4O. The SMILES string of the molecule is N#CCCN(C(=O)c1cn[nH]c1)c1ccccc1. The molecule has 1 amide bonds. The highest BCUT2D eigenvalue weighted by molar-refractivity contribution is 6.05. The van der Waals surface area contributed by atoms with Gasteiger partial charge < -0.3 is 4.90 Å². The maximum atomic E-state index is 12.3. The molecule has 1 N–H and O–H groups in total. The molecule has 5 heteroatoms. The Labute approximate surface area is 105 Å². The zero-order chi connectivity index (χ0) is 12.8. The minimum absolute atomic E-state index is 0.162. The number of anilines is 1. The minimum Gasteiger partial charge on any atom is -0.307 e. The molecule has 2 aromatic rings. The van der Waals surface area contributed by atoms with Gasteiger partial charge in [0.15, 0.2) is 0 Å². The lowest BCUT2D eigenvalue weighted by Crippen LogP contribution is -2.31. The average Bonchev–Trinajstić information content (AvgIpc) is 2.94. The topological polar surface area (TPSA) is 72.8 Å². The first kappa shape index (κ1) is 11.9. The van der Waals surface area contributed by atoms with Crippen LogP contribution >= 0.6 is 0 Å². The Morgan fingerprint density at radius 1 is 1.39 bits per heavy atom. The lowest BCUT2D eigenvalue weighted by molar-refractivity contribution is 0.0987. The maximum absolute atomic E-state index is 12.3. The van der Waals surface area contributed by atoms with Crippen molar-refractivity contribution >= 4 is 11.6 Å². The van der Waals surface area contributed by atoms with Crippen LogP contribution in [0.3, 0.4) is 0 Å². The van der Waals surface area contributed by atoms with Crippen LogP contribution in [-0.4, -0.2) is 22.6 Å². The molecule has 1 aromatic carbocycles. The van der Waals surface area contributed by atoms with E-state index in [1.807, 2.05) is 30.3 Å². The molecule has 1 aromatic heterocycles. The summed E-state index contributed by atoms with van der Waals surface area (Å²) in [5.41, 5.74) is 1.26. The monoisotopic (exact) mass is 240 g/mol. The predicted octanol–water partition coefficient (Wildman–Crippen LogP) is 1.97. The number of nitriles is 1. The molecule has 0 radical (unpaired) electrons. The van der Waals surface area contributed by atoms with E-state index in [9.17, 15) is 4.79 Å². The number of hydrogen-bond donors (Lipinski definition) is 1. The minimum atomic E-state index is -0.162. The van der Waals surface area contributed by atoms with Crippen molar-refractivity contribution in [3.63, 3.8) is 0 Å². The highest BCUT2D eigenvalue weighted by atomic mass is 16.2. The van der Waals surface area contributed by atoms with Gasteiger partial charge in [-0.1, -0.05) is 18.2 Å². The zero-order valence-corrected chi connectivity index (χ0v) is 9.71. The predicted molar refractivity (Wildman–Crippen MR) is 66.9 cm³/mol. The van der Waals surface area contributed by atoms with Crippen LogP contribution in [0.4, 0.5) is 5.69 Å². The summed E-state index contributed by atoms with van der Waals surface area (Å²) in [7, 11) is 0. The van der Waals surface area contributed by atoms with E-state index in [4.69, 9.17) is 5.26 Å². The van der Waals surface area contributed by atoms with E-state index in [2.05, 4.69) is 16.3 Å². The zero-order valence-electron chi connectivity index (χ0n) is 9.71. The third kappa shape index (κ3) is 2.55. The maximum Gasteiger partial charge on any atom is 0.261 e. The van der Waals surface area contributed by atoms with E-state index in [-0.39, 0.29) is 5.91 Å². The van der Waals surface area contributed by atoms with Crippen LogP contribution in [0.25, 0.3) is 0 Å². The van der Waals surface area contributed by atoms with Gasteiger partial charge in [0.25, 0.3) is 5.91 Å². The van der Waals surface area contributed by atoms with Gasteiger partial charge in [0.2, 0.25) is 0 Å². The smallest absolute Gasteiger partial charge is 0.261 e. The Hall–Kier alpha value is -2.61. The van der Waals surface area contributed by atoms with Gasteiger partial charge in [0, 0.05) is 18.4 Å². The van der Waals surface area contributed by atoms with Crippen LogP contribution in [-0.2, 0) is 0 Å². The number of hydrogen-bond acceptors (Lipinski definition) is 3. The fourth-order valence-electron chi connectivity index (χ4n) is 1.64. The highest BCUT2D eigenvalue weighted by Crippen LogP contribution is 2.16. The second kappa shape index (κ2) is 5.64. The summed E-state index contributed by atoms with van der Waals surface area (Å²) in [5, 5.41) is 15.0. The number of amides is 1. The first-order chi connectivity index (χ1) is 8.83. The average molecular weight is 240 g/mol. The molecule has 0 aliphatic heterocycles. The molecule has 1 heterocycles. The van der Waals surface area contributed by atoms with Crippen LogP contribution in [0.2, 0.25) is 0 Å². The van der Waals surface area contributed by atoms with Crippen molar-refractivity contribution in [3.05, 3.63) is 48.3 Å². The van der Waals surface area contributed by atoms with Crippen molar-refractivity contribution in [2.45, 2.75) is 6.42 Å². The lowest BCUT2D eigenvalue weighted by Gasteiger charge is -2.20. The molecule has 2 rings (SSSR count). The Kier molecular flexibility index (Phi) is 3.72. The Balaban J connectivity index is 2.26. The van der Waals surface area contributed by atoms with Crippen LogP contribution in [0.5, 0.6) is 0 Å². The van der Waals surface area contributed by atoms with Gasteiger partial charge in [-0.05, 0) is 12.1 Å². The summed E-state index contributed by atoms with van der Waals surface area (Å²) in [5.74, 6) is -0.162. The van der Waals surface area contributed by atoms with Crippen molar-refractivity contribution in [1.82, 2.24) is 10.2 Å². The van der Waals surface area contributed by atoms with Crippen LogP contribution < -0.4 is 4.90 Å². The van der Waals surface area contributed by atoms with Crippen molar-refractivity contribution in [2.75, 3.05) is 11.4 Å². The van der Waals surface area contributed by atoms with Crippen LogP contribution in [0.15, 0.2) is 42.7 Å². The van der Waals surface area contributed by atoms with E-state index < -0.39 is 0 Å². The van der Waals surface area contributed by atoms with Gasteiger partial charge in [-0.3, -0.25) is 9.89 Å². The summed E-state index contributed by atoms with van der Waals surface area (Å²) < 4.78 is 0. The summed E-state index contributed by atoms with van der Waals surface area (Å²) in [6, 6.07) is 11.3. The standard InChI is InChI=1S/C13H12N4O/c14-7-4-8-17(12-5-2-1-3-6-12)13(18)11-9-15-16-10-11/h1-3,5-6,9-10H,4,8H2,(H,15,16). The van der Waals surface area contributed by atoms with Crippen molar-refractivity contribution in [2.24, 2.45) is 0 Å². The van der Waals surface area contributed by atoms with E-state index >= 15 is 0 Å². The Bertz CT molecular complexity index is 542. The molecular weight excluding hydrogens is 228 g/mol. The first-order valence-electron chi connectivity index (χ1n) is 5.55. The number of aromatic amines is 1. The molecule has 0 aliphatic carbocycles. The summed E-state index contributed by atoms with van der Waals surface area (Å²) in [6.07, 6.45) is 3.31. The molecule has 0 unspecified atom stereocenters. The Morgan fingerprint density at radius 3 is 2.78 bits per heavy atom. The van der Waals surface area contributed by atoms with Gasteiger partial charge >= 0.3 is 0 Å². The molecule has 18 heavy (non-hydrogen) atoms. The van der Waals surface area contributed by atoms with Crippen molar-refractivity contribution < 1.29 is 4.79 Å². The van der Waals surface area contributed by atoms with Crippen molar-refractivity contribution in [3.8, 4) is 6.07 Å². The second-order valence-electron chi connectivity index (χ2n) is 3.69. The second-order valence-corrected chi connectivity index (χ2v) is 3.69. The van der Waals surface area contributed by atoms with Crippen molar-refractivity contribution in [1.29, 1.82) is 5.26 Å². The first-order valence-corrected chi connectivity index (χ1v) is 5.55. The number of benzene rings is 1. The summed E-state index contributed by atoms with van der Waals surface area (Å²) >= 11 is 0. The molecule has 0 saturated carbocycles. The largest absolute Gasteiger partial charge is 0.307 e. The lowest BCUT2D eigenvalue weighted by atomic mass is 10.2. The fourth-order valence-corrected chi connectivity index (χ4v) is 1.64. The summed E-state index contributed by atoms with van der Waals surface area (Å²) in [4.78, 5) is 13.8. The summed E-state index contributed by atoms with van der Waals surface area (Å²) in [6.45, 7) is 0.366. The third-order valence-corrected chi connectivity index (χ3v) is 2.51. The van der Waals surface area contributed by atoms with Gasteiger partial charge in [-0.15, -0.1) is 0 Å². The van der Waals surface area contributed by atoms with Crippen LogP contribution in [0, 0.1) is 11.3 Å². The quantitative estimate of drug-likeness (QED) is 0.887. The molecule has 0 bridgehead atoms. The van der Waals surface area contributed by atoms with Gasteiger partial charge in [-0.25, -0.2) is 0 Å². The van der Waals surface area contributed by atoms with Gasteiger partial charge in [0.05, 0.1) is 24.3 Å². The van der Waals surface area contributed by atoms with E-state index in [1.54, 1.807) is 11.1 Å². The molecule has 90 valence electrons. The van der Waals surface area contributed by atoms with Gasteiger partial charge in [0.1, 0.15) is 0 Å². The highest BCUT2D eigenvalue weighted by Gasteiger charge is 2.17. The fraction of sp³-hybridized carbons (Fsp3) is 0.154. The van der Waals surface area contributed by atoms with E-state index in [0.717, 1.165) is 5.69 Å². The number of nitrogens with zero attached hydrogens (tertiary/aromatic N) is 3. The van der Waals surface area contributed by atoms with E-state index in [1.165, 1.54) is 6.20 Å². The Morgan fingerprint density at radius 2 is 2.17 bits per heavy atom. The molecule has 0 spiro atoms. The molecule has 0 saturated heterocycles. The number of rotatable bonds is 4. The number of carbonyl (C=O) groups excluding carboxylic acids is 1. The van der Waals surface area contributed by atoms with E-state index in [0.29, 0.717) is 18.5 Å². The van der Waals surface area contributed by atoms with Gasteiger partial charge in [-0.2, -0.15) is 10.4 Å². The number of H-pyrrole nitrogens is 1. The van der Waals surface area contributed by atoms with Crippen LogP contribution in [0.1, 0.15) is 16.8 Å². The molecule has 0 fully saturated rings. The number of para-hydroxylation sites is 1. The molecule has 0 atom stereocenters.